The third-order valence-electron chi connectivity index (χ3n) is 2.87. The zero-order valence-electron chi connectivity index (χ0n) is 9.07. The fourth-order valence-corrected chi connectivity index (χ4v) is 2.05. The highest BCUT2D eigenvalue weighted by molar-refractivity contribution is 5.85. The minimum absolute atomic E-state index is 0. The summed E-state index contributed by atoms with van der Waals surface area (Å²) in [7, 11) is 2.05. The summed E-state index contributed by atoms with van der Waals surface area (Å²) in [5.74, 6) is 0. The summed E-state index contributed by atoms with van der Waals surface area (Å²) in [6, 6.07) is 2.70. The van der Waals surface area contributed by atoms with Gasteiger partial charge < -0.3 is 5.32 Å². The Labute approximate surface area is 96.8 Å². The largest absolute Gasteiger partial charge is 0.316 e. The van der Waals surface area contributed by atoms with Gasteiger partial charge in [-0.15, -0.1) is 12.4 Å². The van der Waals surface area contributed by atoms with Crippen LogP contribution in [0.3, 0.4) is 0 Å². The van der Waals surface area contributed by atoms with Crippen LogP contribution in [0.1, 0.15) is 18.5 Å². The molecule has 1 aromatic rings. The molecule has 0 amide bonds. The molecular formula is C10H19ClN4. The van der Waals surface area contributed by atoms with Gasteiger partial charge in [-0.25, -0.2) is 0 Å². The maximum Gasteiger partial charge on any atom is 0.0492 e. The number of H-pyrrole nitrogens is 1. The van der Waals surface area contributed by atoms with Crippen molar-refractivity contribution in [2.75, 3.05) is 20.1 Å². The number of hydrogen-bond acceptors (Lipinski definition) is 3. The van der Waals surface area contributed by atoms with Crippen LogP contribution in [0.25, 0.3) is 0 Å². The Bertz CT molecular complexity index is 262. The average Bonchev–Trinajstić information content (AvgIpc) is 2.71. The van der Waals surface area contributed by atoms with E-state index >= 15 is 0 Å². The van der Waals surface area contributed by atoms with E-state index in [1.165, 1.54) is 25.1 Å². The van der Waals surface area contributed by atoms with Crippen molar-refractivity contribution in [2.24, 2.45) is 0 Å². The fraction of sp³-hybridized carbons (Fsp3) is 0.700. The van der Waals surface area contributed by atoms with Crippen molar-refractivity contribution in [1.82, 2.24) is 20.4 Å². The quantitative estimate of drug-likeness (QED) is 0.815. The van der Waals surface area contributed by atoms with Crippen LogP contribution in [0.4, 0.5) is 0 Å². The summed E-state index contributed by atoms with van der Waals surface area (Å²) in [5, 5.41) is 10.3. The Morgan fingerprint density at radius 1 is 1.67 bits per heavy atom. The first kappa shape index (κ1) is 12.5. The summed E-state index contributed by atoms with van der Waals surface area (Å²) in [6.07, 6.45) is 4.41. The lowest BCUT2D eigenvalue weighted by Gasteiger charge is -2.32. The fourth-order valence-electron chi connectivity index (χ4n) is 2.05. The number of halogens is 1. The van der Waals surface area contributed by atoms with E-state index in [1.807, 2.05) is 19.3 Å². The molecule has 1 atom stereocenters. The van der Waals surface area contributed by atoms with Gasteiger partial charge >= 0.3 is 0 Å². The molecule has 1 aliphatic heterocycles. The molecule has 0 aliphatic carbocycles. The highest BCUT2D eigenvalue weighted by Gasteiger charge is 2.18. The molecule has 1 saturated heterocycles. The van der Waals surface area contributed by atoms with Gasteiger partial charge in [-0.1, -0.05) is 0 Å². The number of nitrogens with zero attached hydrogens (tertiary/aromatic N) is 2. The Hall–Kier alpha value is -0.580. The van der Waals surface area contributed by atoms with Crippen LogP contribution in [0.2, 0.25) is 0 Å². The first-order valence-corrected chi connectivity index (χ1v) is 5.26. The van der Waals surface area contributed by atoms with E-state index in [1.54, 1.807) is 0 Å². The topological polar surface area (TPSA) is 44.0 Å². The number of likely N-dealkylation sites (N-methyl/N-ethyl adjacent to an activating group) is 1. The van der Waals surface area contributed by atoms with Crippen LogP contribution in [-0.2, 0) is 6.54 Å². The smallest absolute Gasteiger partial charge is 0.0492 e. The number of rotatable bonds is 3. The van der Waals surface area contributed by atoms with Crippen molar-refractivity contribution >= 4 is 12.4 Å². The predicted molar refractivity (Wildman–Crippen MR) is 63.2 cm³/mol. The lowest BCUT2D eigenvalue weighted by Crippen LogP contribution is -2.43. The molecule has 86 valence electrons. The molecule has 1 aromatic heterocycles. The number of aromatic nitrogens is 2. The normalized spacial score (nSPS) is 22.3. The molecule has 2 N–H and O–H groups in total. The van der Waals surface area contributed by atoms with Crippen LogP contribution >= 0.6 is 12.4 Å². The van der Waals surface area contributed by atoms with Gasteiger partial charge in [-0.05, 0) is 32.5 Å². The monoisotopic (exact) mass is 230 g/mol. The van der Waals surface area contributed by atoms with Gasteiger partial charge in [0.25, 0.3) is 0 Å². The Balaban J connectivity index is 0.00000112. The molecule has 5 heteroatoms. The van der Waals surface area contributed by atoms with Crippen LogP contribution in [0.15, 0.2) is 12.3 Å². The Kier molecular flexibility index (Phi) is 5.08. The van der Waals surface area contributed by atoms with Gasteiger partial charge in [0.05, 0.1) is 0 Å². The second kappa shape index (κ2) is 6.10. The molecule has 1 aliphatic rings. The van der Waals surface area contributed by atoms with E-state index < -0.39 is 0 Å². The van der Waals surface area contributed by atoms with Crippen molar-refractivity contribution in [3.05, 3.63) is 18.0 Å². The first-order valence-electron chi connectivity index (χ1n) is 5.26. The minimum Gasteiger partial charge on any atom is -0.316 e. The number of hydrogen-bond donors (Lipinski definition) is 2. The number of nitrogens with one attached hydrogen (secondary N) is 2. The van der Waals surface area contributed by atoms with E-state index in [9.17, 15) is 0 Å². The second-order valence-corrected chi connectivity index (χ2v) is 3.94. The van der Waals surface area contributed by atoms with E-state index in [4.69, 9.17) is 0 Å². The SMILES string of the molecule is CNC1CCCN(Cc2ccn[nH]2)C1.Cl. The molecule has 0 aromatic carbocycles. The maximum atomic E-state index is 3.96. The molecule has 2 heterocycles. The third kappa shape index (κ3) is 3.48. The van der Waals surface area contributed by atoms with Gasteiger partial charge in [0.2, 0.25) is 0 Å². The van der Waals surface area contributed by atoms with Gasteiger partial charge in [0.15, 0.2) is 0 Å². The average molecular weight is 231 g/mol. The zero-order chi connectivity index (χ0) is 9.80. The van der Waals surface area contributed by atoms with Gasteiger partial charge in [0, 0.05) is 31.0 Å². The third-order valence-corrected chi connectivity index (χ3v) is 2.87. The zero-order valence-corrected chi connectivity index (χ0v) is 9.89. The van der Waals surface area contributed by atoms with Crippen LogP contribution in [0.5, 0.6) is 0 Å². The van der Waals surface area contributed by atoms with Crippen LogP contribution < -0.4 is 5.32 Å². The van der Waals surface area contributed by atoms with E-state index in [0.29, 0.717) is 6.04 Å². The molecule has 2 rings (SSSR count). The molecular weight excluding hydrogens is 212 g/mol. The lowest BCUT2D eigenvalue weighted by molar-refractivity contribution is 0.186. The highest BCUT2D eigenvalue weighted by atomic mass is 35.5. The molecule has 0 spiro atoms. The van der Waals surface area contributed by atoms with E-state index in [2.05, 4.69) is 20.4 Å². The van der Waals surface area contributed by atoms with Crippen molar-refractivity contribution in [1.29, 1.82) is 0 Å². The van der Waals surface area contributed by atoms with Crippen LogP contribution in [-0.4, -0.2) is 41.3 Å². The number of piperidine rings is 1. The first-order chi connectivity index (χ1) is 6.88. The number of aromatic amines is 1. The summed E-state index contributed by atoms with van der Waals surface area (Å²) < 4.78 is 0. The highest BCUT2D eigenvalue weighted by Crippen LogP contribution is 2.11. The molecule has 15 heavy (non-hydrogen) atoms. The molecule has 4 nitrogen and oxygen atoms in total. The molecule has 0 bridgehead atoms. The van der Waals surface area contributed by atoms with E-state index in [0.717, 1.165) is 13.1 Å². The summed E-state index contributed by atoms with van der Waals surface area (Å²) in [4.78, 5) is 2.47. The summed E-state index contributed by atoms with van der Waals surface area (Å²) >= 11 is 0. The summed E-state index contributed by atoms with van der Waals surface area (Å²) in [6.45, 7) is 3.35. The minimum atomic E-state index is 0. The molecule has 1 fully saturated rings. The lowest BCUT2D eigenvalue weighted by atomic mass is 10.1. The maximum absolute atomic E-state index is 3.96. The standard InChI is InChI=1S/C10H18N4.ClH/c1-11-9-3-2-6-14(7-9)8-10-4-5-12-13-10;/h4-5,9,11H,2-3,6-8H2,1H3,(H,12,13);1H. The Morgan fingerprint density at radius 2 is 2.53 bits per heavy atom. The van der Waals surface area contributed by atoms with Gasteiger partial charge in [0.1, 0.15) is 0 Å². The molecule has 1 unspecified atom stereocenters. The van der Waals surface area contributed by atoms with Gasteiger partial charge in [-0.2, -0.15) is 5.10 Å². The predicted octanol–water partition coefficient (Wildman–Crippen LogP) is 1.02. The van der Waals surface area contributed by atoms with Crippen molar-refractivity contribution in [3.63, 3.8) is 0 Å². The van der Waals surface area contributed by atoms with Crippen molar-refractivity contribution in [3.8, 4) is 0 Å². The molecule has 0 radical (unpaired) electrons. The number of likely N-dealkylation sites (tertiary alicyclic amines) is 1. The van der Waals surface area contributed by atoms with Gasteiger partial charge in [-0.3, -0.25) is 10.00 Å². The van der Waals surface area contributed by atoms with E-state index in [-0.39, 0.29) is 12.4 Å². The second-order valence-electron chi connectivity index (χ2n) is 3.94. The van der Waals surface area contributed by atoms with Crippen molar-refractivity contribution < 1.29 is 0 Å². The Morgan fingerprint density at radius 3 is 3.20 bits per heavy atom. The van der Waals surface area contributed by atoms with Crippen LogP contribution in [0, 0.1) is 0 Å². The van der Waals surface area contributed by atoms with Crippen molar-refractivity contribution in [2.45, 2.75) is 25.4 Å². The molecule has 0 saturated carbocycles. The summed E-state index contributed by atoms with van der Waals surface area (Å²) in [5.41, 5.74) is 1.21.